The van der Waals surface area contributed by atoms with Gasteiger partial charge in [-0.15, -0.1) is 0 Å². The number of non-ortho nitro benzene ring substituents is 1. The van der Waals surface area contributed by atoms with Crippen LogP contribution in [0.25, 0.3) is 11.1 Å². The Morgan fingerprint density at radius 2 is 2.00 bits per heavy atom. The first kappa shape index (κ1) is 13.6. The van der Waals surface area contributed by atoms with E-state index in [4.69, 9.17) is 4.42 Å². The maximum Gasteiger partial charge on any atom is 0.271 e. The van der Waals surface area contributed by atoms with Gasteiger partial charge in [0.2, 0.25) is 0 Å². The Morgan fingerprint density at radius 1 is 1.24 bits per heavy atom. The van der Waals surface area contributed by atoms with E-state index in [1.165, 1.54) is 35.0 Å². The highest BCUT2D eigenvalue weighted by Crippen LogP contribution is 2.28. The lowest BCUT2D eigenvalue weighted by atomic mass is 10.2. The number of aromatic nitrogens is 1. The number of oxazole rings is 1. The van der Waals surface area contributed by atoms with Crippen LogP contribution >= 0.6 is 11.8 Å². The van der Waals surface area contributed by atoms with Gasteiger partial charge in [0, 0.05) is 17.9 Å². The number of hydrogen-bond donors (Lipinski definition) is 0. The molecule has 1 heterocycles. The molecular weight excluding hydrogens is 288 g/mol. The lowest BCUT2D eigenvalue weighted by molar-refractivity contribution is -0.384. The van der Waals surface area contributed by atoms with E-state index in [1.54, 1.807) is 6.07 Å². The monoisotopic (exact) mass is 300 g/mol. The van der Waals surface area contributed by atoms with Crippen LogP contribution in [0.5, 0.6) is 0 Å². The molecule has 0 unspecified atom stereocenters. The highest BCUT2D eigenvalue weighted by atomic mass is 32.2. The molecule has 0 aliphatic heterocycles. The van der Waals surface area contributed by atoms with Crippen LogP contribution in [0.2, 0.25) is 0 Å². The topological polar surface area (TPSA) is 69.2 Å². The van der Waals surface area contributed by atoms with Gasteiger partial charge < -0.3 is 4.42 Å². The molecule has 0 saturated carbocycles. The van der Waals surface area contributed by atoms with Crippen LogP contribution in [0.1, 0.15) is 11.1 Å². The van der Waals surface area contributed by atoms with Crippen molar-refractivity contribution in [2.24, 2.45) is 0 Å². The van der Waals surface area contributed by atoms with Crippen molar-refractivity contribution in [1.82, 2.24) is 4.98 Å². The predicted octanol–water partition coefficient (Wildman–Crippen LogP) is 4.34. The standard InChI is InChI=1S/C15H12N2O3S/c1-10-2-4-11(5-3-10)9-21-15-16-13-8-12(17(18)19)6-7-14(13)20-15/h2-8H,9H2,1H3. The first-order valence-corrected chi connectivity index (χ1v) is 7.34. The van der Waals surface area contributed by atoms with Gasteiger partial charge in [0.05, 0.1) is 4.92 Å². The molecular formula is C15H12N2O3S. The summed E-state index contributed by atoms with van der Waals surface area (Å²) in [5, 5.41) is 11.3. The van der Waals surface area contributed by atoms with Gasteiger partial charge in [0.25, 0.3) is 10.9 Å². The van der Waals surface area contributed by atoms with Crippen molar-refractivity contribution in [3.05, 3.63) is 63.7 Å². The molecule has 0 N–H and O–H groups in total. The second kappa shape index (κ2) is 5.57. The molecule has 2 aromatic carbocycles. The van der Waals surface area contributed by atoms with E-state index in [0.717, 1.165) is 5.75 Å². The molecule has 0 atom stereocenters. The van der Waals surface area contributed by atoms with E-state index in [2.05, 4.69) is 29.2 Å². The lowest BCUT2D eigenvalue weighted by Crippen LogP contribution is -1.86. The van der Waals surface area contributed by atoms with E-state index < -0.39 is 4.92 Å². The van der Waals surface area contributed by atoms with Crippen molar-refractivity contribution in [3.8, 4) is 0 Å². The number of fused-ring (bicyclic) bond motifs is 1. The summed E-state index contributed by atoms with van der Waals surface area (Å²) < 4.78 is 5.58. The Morgan fingerprint density at radius 3 is 2.71 bits per heavy atom. The molecule has 5 nitrogen and oxygen atoms in total. The number of thioether (sulfide) groups is 1. The zero-order valence-electron chi connectivity index (χ0n) is 11.3. The number of aryl methyl sites for hydroxylation is 1. The van der Waals surface area contributed by atoms with Gasteiger partial charge in [-0.25, -0.2) is 4.98 Å². The average molecular weight is 300 g/mol. The van der Waals surface area contributed by atoms with Crippen LogP contribution in [0, 0.1) is 17.0 Å². The van der Waals surface area contributed by atoms with Gasteiger partial charge in [-0.2, -0.15) is 0 Å². The number of nitro benzene ring substituents is 1. The molecule has 0 saturated heterocycles. The summed E-state index contributed by atoms with van der Waals surface area (Å²) in [5.41, 5.74) is 3.49. The number of hydrogen-bond acceptors (Lipinski definition) is 5. The van der Waals surface area contributed by atoms with Crippen molar-refractivity contribution in [1.29, 1.82) is 0 Å². The van der Waals surface area contributed by atoms with Crippen LogP contribution in [-0.2, 0) is 5.75 Å². The normalized spacial score (nSPS) is 10.9. The van der Waals surface area contributed by atoms with Gasteiger partial charge >= 0.3 is 0 Å². The fraction of sp³-hybridized carbons (Fsp3) is 0.133. The molecule has 0 fully saturated rings. The molecule has 0 aliphatic carbocycles. The second-order valence-electron chi connectivity index (χ2n) is 4.66. The third kappa shape index (κ3) is 3.05. The molecule has 6 heteroatoms. The van der Waals surface area contributed by atoms with E-state index in [-0.39, 0.29) is 5.69 Å². The van der Waals surface area contributed by atoms with Crippen molar-refractivity contribution in [3.63, 3.8) is 0 Å². The summed E-state index contributed by atoms with van der Waals surface area (Å²) >= 11 is 1.47. The summed E-state index contributed by atoms with van der Waals surface area (Å²) in [6.45, 7) is 2.05. The summed E-state index contributed by atoms with van der Waals surface area (Å²) in [5.74, 6) is 0.745. The number of nitro groups is 1. The van der Waals surface area contributed by atoms with Crippen LogP contribution in [-0.4, -0.2) is 9.91 Å². The van der Waals surface area contributed by atoms with Crippen LogP contribution < -0.4 is 0 Å². The summed E-state index contributed by atoms with van der Waals surface area (Å²) in [7, 11) is 0. The third-order valence-electron chi connectivity index (χ3n) is 3.05. The summed E-state index contributed by atoms with van der Waals surface area (Å²) in [6.07, 6.45) is 0. The first-order valence-electron chi connectivity index (χ1n) is 6.35. The summed E-state index contributed by atoms with van der Waals surface area (Å²) in [6, 6.07) is 12.7. The third-order valence-corrected chi connectivity index (χ3v) is 3.94. The van der Waals surface area contributed by atoms with E-state index in [9.17, 15) is 10.1 Å². The van der Waals surface area contributed by atoms with Crippen LogP contribution in [0.15, 0.2) is 52.1 Å². The van der Waals surface area contributed by atoms with Gasteiger partial charge in [-0.05, 0) is 18.6 Å². The smallest absolute Gasteiger partial charge is 0.271 e. The molecule has 0 radical (unpaired) electrons. The average Bonchev–Trinajstić information content (AvgIpc) is 2.88. The SMILES string of the molecule is Cc1ccc(CSc2nc3cc([N+](=O)[O-])ccc3o2)cc1. The van der Waals surface area contributed by atoms with E-state index in [0.29, 0.717) is 16.3 Å². The van der Waals surface area contributed by atoms with Crippen molar-refractivity contribution in [2.75, 3.05) is 0 Å². The largest absolute Gasteiger partial charge is 0.431 e. The summed E-state index contributed by atoms with van der Waals surface area (Å²) in [4.78, 5) is 14.6. The second-order valence-corrected chi connectivity index (χ2v) is 5.59. The predicted molar refractivity (Wildman–Crippen MR) is 81.4 cm³/mol. The molecule has 21 heavy (non-hydrogen) atoms. The van der Waals surface area contributed by atoms with Crippen molar-refractivity contribution >= 4 is 28.5 Å². The Kier molecular flexibility index (Phi) is 3.62. The quantitative estimate of drug-likeness (QED) is 0.407. The molecule has 106 valence electrons. The van der Waals surface area contributed by atoms with Gasteiger partial charge in [0.1, 0.15) is 5.52 Å². The van der Waals surface area contributed by atoms with E-state index >= 15 is 0 Å². The zero-order valence-corrected chi connectivity index (χ0v) is 12.1. The highest BCUT2D eigenvalue weighted by Gasteiger charge is 2.11. The number of nitrogens with zero attached hydrogens (tertiary/aromatic N) is 2. The fourth-order valence-electron chi connectivity index (χ4n) is 1.90. The Labute approximate surface area is 125 Å². The minimum Gasteiger partial charge on any atom is -0.431 e. The van der Waals surface area contributed by atoms with Gasteiger partial charge in [-0.1, -0.05) is 41.6 Å². The maximum absolute atomic E-state index is 10.7. The van der Waals surface area contributed by atoms with Gasteiger partial charge in [0.15, 0.2) is 5.58 Å². The molecule has 3 rings (SSSR count). The minimum atomic E-state index is -0.437. The first-order chi connectivity index (χ1) is 10.1. The molecule has 3 aromatic rings. The Balaban J connectivity index is 1.78. The zero-order chi connectivity index (χ0) is 14.8. The molecule has 0 spiro atoms. The van der Waals surface area contributed by atoms with Crippen molar-refractivity contribution in [2.45, 2.75) is 17.9 Å². The molecule has 0 bridgehead atoms. The lowest BCUT2D eigenvalue weighted by Gasteiger charge is -1.98. The van der Waals surface area contributed by atoms with E-state index in [1.807, 2.05) is 6.92 Å². The fourth-order valence-corrected chi connectivity index (χ4v) is 2.69. The van der Waals surface area contributed by atoms with Crippen LogP contribution in [0.3, 0.4) is 0 Å². The Hall–Kier alpha value is -2.34. The number of benzene rings is 2. The van der Waals surface area contributed by atoms with Crippen molar-refractivity contribution < 1.29 is 9.34 Å². The maximum atomic E-state index is 10.7. The molecule has 1 aromatic heterocycles. The highest BCUT2D eigenvalue weighted by molar-refractivity contribution is 7.98. The molecule has 0 aliphatic rings. The van der Waals surface area contributed by atoms with Crippen LogP contribution in [0.4, 0.5) is 5.69 Å². The molecule has 0 amide bonds. The van der Waals surface area contributed by atoms with Gasteiger partial charge in [-0.3, -0.25) is 10.1 Å². The minimum absolute atomic E-state index is 0.0193. The Bertz CT molecular complexity index is 796. The number of rotatable bonds is 4.